The van der Waals surface area contributed by atoms with Crippen LogP contribution in [0, 0.1) is 0 Å². The quantitative estimate of drug-likeness (QED) is 0.509. The van der Waals surface area contributed by atoms with Gasteiger partial charge >= 0.3 is 12.6 Å². The first-order chi connectivity index (χ1) is 14.8. The smallest absolute Gasteiger partial charge is 0.387 e. The highest BCUT2D eigenvalue weighted by atomic mass is 19.3. The Balaban J connectivity index is 1.80. The predicted molar refractivity (Wildman–Crippen MR) is 108 cm³/mol. The summed E-state index contributed by atoms with van der Waals surface area (Å²) in [5, 5.41) is 7.31. The first-order valence-corrected chi connectivity index (χ1v) is 9.35. The van der Waals surface area contributed by atoms with Crippen LogP contribution in [0.25, 0.3) is 0 Å². The van der Waals surface area contributed by atoms with Gasteiger partial charge in [-0.2, -0.15) is 13.9 Å². The Hall–Kier alpha value is -3.69. The van der Waals surface area contributed by atoms with E-state index in [-0.39, 0.29) is 5.75 Å². The summed E-state index contributed by atoms with van der Waals surface area (Å²) in [7, 11) is 1.50. The number of hydrazone groups is 1. The van der Waals surface area contributed by atoms with E-state index in [1.54, 1.807) is 18.2 Å². The fourth-order valence-corrected chi connectivity index (χ4v) is 3.06. The molecule has 1 aliphatic heterocycles. The van der Waals surface area contributed by atoms with Gasteiger partial charge in [0.25, 0.3) is 5.91 Å². The number of amides is 3. The first-order valence-electron chi connectivity index (χ1n) is 9.35. The number of benzene rings is 2. The fourth-order valence-electron chi connectivity index (χ4n) is 3.06. The largest absolute Gasteiger partial charge is 0.493 e. The van der Waals surface area contributed by atoms with Crippen molar-refractivity contribution in [3.8, 4) is 17.2 Å². The molecule has 1 unspecified atom stereocenters. The predicted octanol–water partition coefficient (Wildman–Crippen LogP) is 3.50. The topological polar surface area (TPSA) is 89.5 Å². The van der Waals surface area contributed by atoms with E-state index in [1.165, 1.54) is 44.5 Å². The lowest BCUT2D eigenvalue weighted by Crippen LogP contribution is -2.40. The molecule has 2 aromatic rings. The van der Waals surface area contributed by atoms with Crippen LogP contribution in [-0.2, 0) is 10.3 Å². The molecule has 0 saturated carbocycles. The molecule has 1 saturated heterocycles. The summed E-state index contributed by atoms with van der Waals surface area (Å²) in [5.74, 6) is 0.371. The molecule has 164 valence electrons. The van der Waals surface area contributed by atoms with Crippen LogP contribution in [0.15, 0.2) is 47.6 Å². The summed E-state index contributed by atoms with van der Waals surface area (Å²) in [5.41, 5.74) is -0.426. The lowest BCUT2D eigenvalue weighted by Gasteiger charge is -2.21. The Labute approximate surface area is 177 Å². The van der Waals surface area contributed by atoms with Crippen LogP contribution in [0.4, 0.5) is 13.6 Å². The zero-order valence-electron chi connectivity index (χ0n) is 17.1. The monoisotopic (exact) mass is 433 g/mol. The van der Waals surface area contributed by atoms with Gasteiger partial charge in [0.15, 0.2) is 11.5 Å². The van der Waals surface area contributed by atoms with Gasteiger partial charge in [0.2, 0.25) is 0 Å². The van der Waals surface area contributed by atoms with E-state index in [9.17, 15) is 18.4 Å². The van der Waals surface area contributed by atoms with Crippen LogP contribution in [0.3, 0.4) is 0 Å². The Morgan fingerprint density at radius 3 is 2.48 bits per heavy atom. The second-order valence-corrected chi connectivity index (χ2v) is 6.66. The third-order valence-corrected chi connectivity index (χ3v) is 4.64. The minimum absolute atomic E-state index is 0.0570. The van der Waals surface area contributed by atoms with Gasteiger partial charge in [-0.1, -0.05) is 12.1 Å². The van der Waals surface area contributed by atoms with Crippen molar-refractivity contribution < 1.29 is 32.6 Å². The van der Waals surface area contributed by atoms with E-state index in [4.69, 9.17) is 9.47 Å². The molecule has 3 rings (SSSR count). The molecule has 3 amide bonds. The summed E-state index contributed by atoms with van der Waals surface area (Å²) in [6, 6.07) is 9.80. The highest BCUT2D eigenvalue weighted by Crippen LogP contribution is 2.31. The number of nitrogens with one attached hydrogen (secondary N) is 1. The maximum atomic E-state index is 12.9. The molecule has 8 nitrogen and oxygen atoms in total. The lowest BCUT2D eigenvalue weighted by molar-refractivity contribution is -0.131. The van der Waals surface area contributed by atoms with Gasteiger partial charge in [0, 0.05) is 0 Å². The number of nitrogens with zero attached hydrogens (tertiary/aromatic N) is 2. The SMILES string of the molecule is CCOc1ccc(/C=N/N2C(=O)NC(C)(c3ccc(OC(F)F)cc3)C2=O)cc1OC. The number of alkyl halides is 2. The molecule has 1 atom stereocenters. The number of rotatable bonds is 8. The molecule has 0 aromatic heterocycles. The third-order valence-electron chi connectivity index (χ3n) is 4.64. The highest BCUT2D eigenvalue weighted by molar-refractivity contribution is 6.07. The van der Waals surface area contributed by atoms with E-state index >= 15 is 0 Å². The van der Waals surface area contributed by atoms with Gasteiger partial charge in [-0.3, -0.25) is 4.79 Å². The molecule has 0 aliphatic carbocycles. The standard InChI is InChI=1S/C21H21F2N3O5/c1-4-30-16-10-5-13(11-17(16)29-3)12-24-26-18(27)21(2,25-20(26)28)14-6-8-15(9-7-14)31-19(22)23/h5-12,19H,4H2,1-3H3,(H,25,28)/b24-12+. The third kappa shape index (κ3) is 4.57. The van der Waals surface area contributed by atoms with Crippen LogP contribution in [0.5, 0.6) is 17.2 Å². The molecule has 0 radical (unpaired) electrons. The number of carbonyl (C=O) groups excluding carboxylic acids is 2. The molecular formula is C21H21F2N3O5. The second-order valence-electron chi connectivity index (χ2n) is 6.66. The average molecular weight is 433 g/mol. The Bertz CT molecular complexity index is 997. The number of carbonyl (C=O) groups is 2. The zero-order chi connectivity index (χ0) is 22.6. The number of hydrogen-bond acceptors (Lipinski definition) is 6. The van der Waals surface area contributed by atoms with Crippen molar-refractivity contribution in [2.45, 2.75) is 26.0 Å². The summed E-state index contributed by atoms with van der Waals surface area (Å²) < 4.78 is 39.7. The summed E-state index contributed by atoms with van der Waals surface area (Å²) >= 11 is 0. The van der Waals surface area contributed by atoms with Crippen molar-refractivity contribution in [2.75, 3.05) is 13.7 Å². The zero-order valence-corrected chi connectivity index (χ0v) is 17.1. The molecular weight excluding hydrogens is 412 g/mol. The normalized spacial score (nSPS) is 18.6. The Kier molecular flexibility index (Phi) is 6.38. The molecule has 2 aromatic carbocycles. The highest BCUT2D eigenvalue weighted by Gasteiger charge is 2.49. The number of imide groups is 1. The molecule has 31 heavy (non-hydrogen) atoms. The molecule has 1 N–H and O–H groups in total. The van der Waals surface area contributed by atoms with Crippen LogP contribution in [0.1, 0.15) is 25.0 Å². The van der Waals surface area contributed by atoms with Crippen LogP contribution in [0.2, 0.25) is 0 Å². The maximum Gasteiger partial charge on any atom is 0.387 e. The van der Waals surface area contributed by atoms with Gasteiger partial charge in [0.1, 0.15) is 11.3 Å². The van der Waals surface area contributed by atoms with E-state index in [0.717, 1.165) is 0 Å². The molecule has 10 heteroatoms. The lowest BCUT2D eigenvalue weighted by atomic mass is 9.92. The van der Waals surface area contributed by atoms with E-state index in [0.29, 0.717) is 34.2 Å². The number of urea groups is 1. The van der Waals surface area contributed by atoms with Crippen molar-refractivity contribution in [1.82, 2.24) is 10.3 Å². The first kappa shape index (κ1) is 22.0. The minimum Gasteiger partial charge on any atom is -0.493 e. The Morgan fingerprint density at radius 2 is 1.87 bits per heavy atom. The molecule has 0 bridgehead atoms. The number of hydrogen-bond donors (Lipinski definition) is 1. The Morgan fingerprint density at radius 1 is 1.16 bits per heavy atom. The van der Waals surface area contributed by atoms with Crippen molar-refractivity contribution in [3.63, 3.8) is 0 Å². The average Bonchev–Trinajstić information content (AvgIpc) is 2.96. The van der Waals surface area contributed by atoms with Gasteiger partial charge < -0.3 is 19.5 Å². The van der Waals surface area contributed by atoms with E-state index in [2.05, 4.69) is 15.2 Å². The van der Waals surface area contributed by atoms with Crippen LogP contribution >= 0.6 is 0 Å². The molecule has 0 spiro atoms. The summed E-state index contributed by atoms with van der Waals surface area (Å²) in [4.78, 5) is 25.3. The number of ether oxygens (including phenoxy) is 3. The van der Waals surface area contributed by atoms with Crippen LogP contribution in [-0.4, -0.2) is 43.5 Å². The van der Waals surface area contributed by atoms with E-state index in [1.807, 2.05) is 6.92 Å². The van der Waals surface area contributed by atoms with Gasteiger partial charge in [-0.05, 0) is 55.3 Å². The molecule has 1 fully saturated rings. The van der Waals surface area contributed by atoms with Crippen LogP contribution < -0.4 is 19.5 Å². The second kappa shape index (κ2) is 8.99. The number of halogens is 2. The van der Waals surface area contributed by atoms with Crippen molar-refractivity contribution in [1.29, 1.82) is 0 Å². The van der Waals surface area contributed by atoms with Gasteiger partial charge in [-0.25, -0.2) is 4.79 Å². The van der Waals surface area contributed by atoms with Crippen molar-refractivity contribution in [2.24, 2.45) is 5.10 Å². The van der Waals surface area contributed by atoms with Gasteiger partial charge in [-0.15, -0.1) is 5.01 Å². The fraction of sp³-hybridized carbons (Fsp3) is 0.286. The van der Waals surface area contributed by atoms with Crippen molar-refractivity contribution >= 4 is 18.2 Å². The molecule has 1 heterocycles. The van der Waals surface area contributed by atoms with Crippen molar-refractivity contribution in [3.05, 3.63) is 53.6 Å². The minimum atomic E-state index is -2.96. The maximum absolute atomic E-state index is 12.9. The molecule has 1 aliphatic rings. The summed E-state index contributed by atoms with van der Waals surface area (Å²) in [6.07, 6.45) is 1.35. The van der Waals surface area contributed by atoms with E-state index < -0.39 is 24.1 Å². The van der Waals surface area contributed by atoms with Gasteiger partial charge in [0.05, 0.1) is 19.9 Å². The number of methoxy groups -OCH3 is 1. The summed E-state index contributed by atoms with van der Waals surface area (Å²) in [6.45, 7) is 0.870.